The van der Waals surface area contributed by atoms with Gasteiger partial charge in [-0.2, -0.15) is 0 Å². The number of likely N-dealkylation sites (tertiary alicyclic amines) is 1. The minimum absolute atomic E-state index is 0.118. The lowest BCUT2D eigenvalue weighted by atomic mass is 10.1. The molecule has 0 aromatic heterocycles. The number of amides is 1. The van der Waals surface area contributed by atoms with Gasteiger partial charge < -0.3 is 15.4 Å². The Morgan fingerprint density at radius 3 is 2.84 bits per heavy atom. The van der Waals surface area contributed by atoms with Gasteiger partial charge >= 0.3 is 5.97 Å². The Balaban J connectivity index is 2.14. The van der Waals surface area contributed by atoms with Gasteiger partial charge in [0.15, 0.2) is 0 Å². The van der Waals surface area contributed by atoms with Crippen molar-refractivity contribution in [3.8, 4) is 0 Å². The van der Waals surface area contributed by atoms with Gasteiger partial charge in [-0.3, -0.25) is 9.59 Å². The number of carbonyl (C=O) groups is 2. The Bertz CT molecular complexity index is 513. The molecular formula is C14H18N2O3. The molecule has 1 heterocycles. The van der Waals surface area contributed by atoms with Crippen LogP contribution in [-0.4, -0.2) is 37.0 Å². The summed E-state index contributed by atoms with van der Waals surface area (Å²) in [7, 11) is 1.37. The molecule has 2 rings (SSSR count). The van der Waals surface area contributed by atoms with Crippen LogP contribution in [0, 0.1) is 12.8 Å². The van der Waals surface area contributed by atoms with E-state index in [1.807, 2.05) is 19.1 Å². The van der Waals surface area contributed by atoms with E-state index in [1.165, 1.54) is 7.11 Å². The number of ether oxygens (including phenoxy) is 1. The van der Waals surface area contributed by atoms with E-state index in [4.69, 9.17) is 10.5 Å². The number of esters is 1. The number of nitrogen functional groups attached to an aromatic ring is 1. The SMILES string of the molecule is COC(=O)C1CCN(C(=O)c2cccc(C)c2N)C1. The second kappa shape index (κ2) is 5.30. The lowest BCUT2D eigenvalue weighted by Crippen LogP contribution is -2.30. The first-order chi connectivity index (χ1) is 9.04. The summed E-state index contributed by atoms with van der Waals surface area (Å²) in [6, 6.07) is 5.40. The third-order valence-electron chi connectivity index (χ3n) is 3.56. The molecule has 0 saturated carbocycles. The monoisotopic (exact) mass is 262 g/mol. The Hall–Kier alpha value is -2.04. The lowest BCUT2D eigenvalue weighted by Gasteiger charge is -2.17. The maximum Gasteiger partial charge on any atom is 0.310 e. The minimum Gasteiger partial charge on any atom is -0.469 e. The van der Waals surface area contributed by atoms with Crippen LogP contribution in [0.3, 0.4) is 0 Å². The Labute approximate surface area is 112 Å². The van der Waals surface area contributed by atoms with Gasteiger partial charge in [0.1, 0.15) is 0 Å². The maximum absolute atomic E-state index is 12.4. The number of rotatable bonds is 2. The molecule has 0 radical (unpaired) electrons. The molecule has 1 aliphatic rings. The Kier molecular flexibility index (Phi) is 3.74. The highest BCUT2D eigenvalue weighted by Gasteiger charge is 2.32. The number of hydrogen-bond acceptors (Lipinski definition) is 4. The highest BCUT2D eigenvalue weighted by atomic mass is 16.5. The van der Waals surface area contributed by atoms with Gasteiger partial charge in [0.2, 0.25) is 0 Å². The molecule has 1 saturated heterocycles. The predicted octanol–water partition coefficient (Wildman–Crippen LogP) is 1.21. The third kappa shape index (κ3) is 2.54. The second-order valence-electron chi connectivity index (χ2n) is 4.80. The van der Waals surface area contributed by atoms with Crippen LogP contribution in [0.2, 0.25) is 0 Å². The summed E-state index contributed by atoms with van der Waals surface area (Å²) in [6.45, 7) is 2.83. The number of carbonyl (C=O) groups excluding carboxylic acids is 2. The number of para-hydroxylation sites is 1. The Morgan fingerprint density at radius 1 is 1.42 bits per heavy atom. The van der Waals surface area contributed by atoms with Crippen LogP contribution in [0.15, 0.2) is 18.2 Å². The van der Waals surface area contributed by atoms with Crippen LogP contribution in [0.1, 0.15) is 22.3 Å². The molecular weight excluding hydrogens is 244 g/mol. The highest BCUT2D eigenvalue weighted by molar-refractivity contribution is 6.00. The van der Waals surface area contributed by atoms with E-state index in [9.17, 15) is 9.59 Å². The van der Waals surface area contributed by atoms with Crippen molar-refractivity contribution in [2.24, 2.45) is 5.92 Å². The van der Waals surface area contributed by atoms with Crippen LogP contribution < -0.4 is 5.73 Å². The van der Waals surface area contributed by atoms with Gasteiger partial charge in [-0.15, -0.1) is 0 Å². The predicted molar refractivity (Wildman–Crippen MR) is 71.6 cm³/mol. The van der Waals surface area contributed by atoms with Crippen LogP contribution in [0.4, 0.5) is 5.69 Å². The van der Waals surface area contributed by atoms with Crippen molar-refractivity contribution in [2.45, 2.75) is 13.3 Å². The number of aryl methyl sites for hydroxylation is 1. The van der Waals surface area contributed by atoms with Crippen LogP contribution in [-0.2, 0) is 9.53 Å². The number of anilines is 1. The van der Waals surface area contributed by atoms with Crippen molar-refractivity contribution in [3.05, 3.63) is 29.3 Å². The first-order valence-electron chi connectivity index (χ1n) is 6.26. The summed E-state index contributed by atoms with van der Waals surface area (Å²) in [5.74, 6) is -0.597. The zero-order valence-corrected chi connectivity index (χ0v) is 11.2. The molecule has 5 heteroatoms. The minimum atomic E-state index is -0.257. The van der Waals surface area contributed by atoms with Crippen molar-refractivity contribution in [2.75, 3.05) is 25.9 Å². The Morgan fingerprint density at radius 2 is 2.16 bits per heavy atom. The molecule has 1 amide bonds. The zero-order valence-electron chi connectivity index (χ0n) is 11.2. The average Bonchev–Trinajstić information content (AvgIpc) is 2.90. The van der Waals surface area contributed by atoms with Gasteiger partial charge in [-0.05, 0) is 25.0 Å². The number of methoxy groups -OCH3 is 1. The van der Waals surface area contributed by atoms with Crippen molar-refractivity contribution < 1.29 is 14.3 Å². The van der Waals surface area contributed by atoms with Crippen LogP contribution >= 0.6 is 0 Å². The molecule has 1 unspecified atom stereocenters. The quantitative estimate of drug-likeness (QED) is 0.642. The summed E-state index contributed by atoms with van der Waals surface area (Å²) in [6.07, 6.45) is 0.643. The molecule has 2 N–H and O–H groups in total. The molecule has 1 fully saturated rings. The number of nitrogens with two attached hydrogens (primary N) is 1. The number of nitrogens with zero attached hydrogens (tertiary/aromatic N) is 1. The number of benzene rings is 1. The van der Waals surface area contributed by atoms with Crippen LogP contribution in [0.5, 0.6) is 0 Å². The molecule has 1 aliphatic heterocycles. The van der Waals surface area contributed by atoms with E-state index < -0.39 is 0 Å². The van der Waals surface area contributed by atoms with Crippen molar-refractivity contribution in [1.29, 1.82) is 0 Å². The average molecular weight is 262 g/mol. The van der Waals surface area contributed by atoms with E-state index in [2.05, 4.69) is 0 Å². The molecule has 102 valence electrons. The number of hydrogen-bond donors (Lipinski definition) is 1. The zero-order chi connectivity index (χ0) is 14.0. The van der Waals surface area contributed by atoms with Crippen molar-refractivity contribution in [1.82, 2.24) is 4.90 Å². The van der Waals surface area contributed by atoms with Crippen LogP contribution in [0.25, 0.3) is 0 Å². The molecule has 5 nitrogen and oxygen atoms in total. The maximum atomic E-state index is 12.4. The van der Waals surface area contributed by atoms with E-state index in [0.717, 1.165) is 5.56 Å². The summed E-state index contributed by atoms with van der Waals surface area (Å²) in [5.41, 5.74) is 7.83. The summed E-state index contributed by atoms with van der Waals surface area (Å²) in [5, 5.41) is 0. The van der Waals surface area contributed by atoms with E-state index in [1.54, 1.807) is 11.0 Å². The third-order valence-corrected chi connectivity index (χ3v) is 3.56. The standard InChI is InChI=1S/C14H18N2O3/c1-9-4-3-5-11(12(9)15)13(17)16-7-6-10(8-16)14(18)19-2/h3-5,10H,6-8,15H2,1-2H3. The first kappa shape index (κ1) is 13.4. The fraction of sp³-hybridized carbons (Fsp3) is 0.429. The molecule has 1 aromatic carbocycles. The van der Waals surface area contributed by atoms with Crippen molar-refractivity contribution in [3.63, 3.8) is 0 Å². The fourth-order valence-electron chi connectivity index (χ4n) is 2.34. The molecule has 1 atom stereocenters. The summed E-state index contributed by atoms with van der Waals surface area (Å²) >= 11 is 0. The van der Waals surface area contributed by atoms with Crippen molar-refractivity contribution >= 4 is 17.6 Å². The normalized spacial score (nSPS) is 18.4. The van der Waals surface area contributed by atoms with Gasteiger partial charge in [-0.1, -0.05) is 12.1 Å². The topological polar surface area (TPSA) is 72.6 Å². The summed E-state index contributed by atoms with van der Waals surface area (Å²) < 4.78 is 4.71. The van der Waals surface area contributed by atoms with E-state index >= 15 is 0 Å². The largest absolute Gasteiger partial charge is 0.469 e. The fourth-order valence-corrected chi connectivity index (χ4v) is 2.34. The molecule has 1 aromatic rings. The summed E-state index contributed by atoms with van der Waals surface area (Å²) in [4.78, 5) is 25.5. The van der Waals surface area contributed by atoms with E-state index in [0.29, 0.717) is 30.8 Å². The van der Waals surface area contributed by atoms with Gasteiger partial charge in [0, 0.05) is 18.8 Å². The highest BCUT2D eigenvalue weighted by Crippen LogP contribution is 2.23. The van der Waals surface area contributed by atoms with Gasteiger partial charge in [0.25, 0.3) is 5.91 Å². The molecule has 0 bridgehead atoms. The molecule has 19 heavy (non-hydrogen) atoms. The molecule has 0 spiro atoms. The lowest BCUT2D eigenvalue weighted by molar-refractivity contribution is -0.144. The molecule has 0 aliphatic carbocycles. The second-order valence-corrected chi connectivity index (χ2v) is 4.80. The van der Waals surface area contributed by atoms with E-state index in [-0.39, 0.29) is 17.8 Å². The van der Waals surface area contributed by atoms with Gasteiger partial charge in [0.05, 0.1) is 18.6 Å². The van der Waals surface area contributed by atoms with Gasteiger partial charge in [-0.25, -0.2) is 0 Å². The smallest absolute Gasteiger partial charge is 0.310 e. The first-order valence-corrected chi connectivity index (χ1v) is 6.26.